The number of carbonyl (C=O) groups is 1. The third-order valence-corrected chi connectivity index (χ3v) is 6.08. The maximum absolute atomic E-state index is 12.8. The topological polar surface area (TPSA) is 63.9 Å². The number of rotatable bonds is 4. The van der Waals surface area contributed by atoms with Crippen LogP contribution in [0.3, 0.4) is 0 Å². The lowest BCUT2D eigenvalue weighted by Gasteiger charge is -2.31. The second-order valence-corrected chi connectivity index (χ2v) is 7.69. The molecule has 0 N–H and O–H groups in total. The minimum atomic E-state index is 0.132. The van der Waals surface area contributed by atoms with Crippen molar-refractivity contribution in [2.75, 3.05) is 13.1 Å². The summed E-state index contributed by atoms with van der Waals surface area (Å²) in [4.78, 5) is 20.2. The number of aromatic nitrogens is 4. The van der Waals surface area contributed by atoms with Crippen LogP contribution in [0.5, 0.6) is 0 Å². The van der Waals surface area contributed by atoms with E-state index in [0.717, 1.165) is 53.9 Å². The van der Waals surface area contributed by atoms with E-state index in [1.54, 1.807) is 17.7 Å². The van der Waals surface area contributed by atoms with Gasteiger partial charge in [-0.15, -0.1) is 21.5 Å². The Hall–Kier alpha value is -1.76. The fourth-order valence-electron chi connectivity index (χ4n) is 3.17. The van der Waals surface area contributed by atoms with Crippen LogP contribution in [0.2, 0.25) is 0 Å². The fourth-order valence-corrected chi connectivity index (χ4v) is 4.21. The van der Waals surface area contributed by atoms with Crippen molar-refractivity contribution in [3.05, 3.63) is 27.7 Å². The highest BCUT2D eigenvalue weighted by Crippen LogP contribution is 2.30. The summed E-state index contributed by atoms with van der Waals surface area (Å²) >= 11 is 1.55. The highest BCUT2D eigenvalue weighted by molar-refractivity contribution is 7.13. The third kappa shape index (κ3) is 3.22. The molecule has 3 heterocycles. The van der Waals surface area contributed by atoms with Crippen molar-refractivity contribution in [3.63, 3.8) is 0 Å². The first kappa shape index (κ1) is 17.1. The summed E-state index contributed by atoms with van der Waals surface area (Å²) < 4.78 is 2.10. The van der Waals surface area contributed by atoms with Gasteiger partial charge in [0.15, 0.2) is 0 Å². The number of amides is 1. The molecule has 1 amide bonds. The second-order valence-electron chi connectivity index (χ2n) is 6.66. The zero-order valence-electron chi connectivity index (χ0n) is 14.8. The molecule has 0 unspecified atom stereocenters. The Morgan fingerprint density at radius 3 is 2.67 bits per heavy atom. The first-order valence-corrected chi connectivity index (χ1v) is 9.47. The molecule has 0 atom stereocenters. The molecule has 2 aromatic heterocycles. The van der Waals surface area contributed by atoms with Crippen LogP contribution in [0.25, 0.3) is 0 Å². The third-order valence-electron chi connectivity index (χ3n) is 4.63. The molecule has 6 nitrogen and oxygen atoms in total. The van der Waals surface area contributed by atoms with Gasteiger partial charge >= 0.3 is 0 Å². The van der Waals surface area contributed by atoms with Crippen LogP contribution in [-0.2, 0) is 6.54 Å². The molecule has 0 aliphatic carbocycles. The minimum absolute atomic E-state index is 0.132. The Morgan fingerprint density at radius 2 is 2.08 bits per heavy atom. The number of thiazole rings is 1. The Morgan fingerprint density at radius 1 is 1.38 bits per heavy atom. The first-order chi connectivity index (χ1) is 11.5. The molecule has 130 valence electrons. The van der Waals surface area contributed by atoms with E-state index in [-0.39, 0.29) is 5.91 Å². The number of likely N-dealkylation sites (tertiary alicyclic amines) is 1. The highest BCUT2D eigenvalue weighted by atomic mass is 32.1. The van der Waals surface area contributed by atoms with Crippen LogP contribution in [-0.4, -0.2) is 43.6 Å². The highest BCUT2D eigenvalue weighted by Gasteiger charge is 2.29. The van der Waals surface area contributed by atoms with E-state index in [1.807, 2.05) is 11.8 Å². The van der Waals surface area contributed by atoms with Crippen molar-refractivity contribution in [2.45, 2.75) is 58.9 Å². The van der Waals surface area contributed by atoms with Gasteiger partial charge in [-0.25, -0.2) is 4.98 Å². The van der Waals surface area contributed by atoms with Crippen molar-refractivity contribution < 1.29 is 4.79 Å². The average molecular weight is 347 g/mol. The van der Waals surface area contributed by atoms with Gasteiger partial charge in [0.25, 0.3) is 5.91 Å². The van der Waals surface area contributed by atoms with E-state index in [0.29, 0.717) is 11.8 Å². The van der Waals surface area contributed by atoms with E-state index in [2.05, 4.69) is 40.5 Å². The molecule has 0 spiro atoms. The van der Waals surface area contributed by atoms with Gasteiger partial charge in [0.2, 0.25) is 0 Å². The lowest BCUT2D eigenvalue weighted by molar-refractivity contribution is 0.0714. The van der Waals surface area contributed by atoms with Gasteiger partial charge in [0, 0.05) is 31.5 Å². The predicted molar refractivity (Wildman–Crippen MR) is 94.5 cm³/mol. The van der Waals surface area contributed by atoms with Gasteiger partial charge in [-0.3, -0.25) is 4.79 Å². The fraction of sp³-hybridized carbons (Fsp3) is 0.647. The van der Waals surface area contributed by atoms with Crippen LogP contribution in [0.15, 0.2) is 6.33 Å². The largest absolute Gasteiger partial charge is 0.338 e. The number of hydrogen-bond acceptors (Lipinski definition) is 5. The van der Waals surface area contributed by atoms with Crippen molar-refractivity contribution in [3.8, 4) is 0 Å². The zero-order chi connectivity index (χ0) is 17.3. The quantitative estimate of drug-likeness (QED) is 0.852. The summed E-state index contributed by atoms with van der Waals surface area (Å²) in [7, 11) is 0. The van der Waals surface area contributed by atoms with E-state index in [1.165, 1.54) is 0 Å². The molecule has 24 heavy (non-hydrogen) atoms. The van der Waals surface area contributed by atoms with Crippen LogP contribution in [0, 0.1) is 6.92 Å². The SMILES string of the molecule is CCn1cnnc1C1CCN(C(=O)c2sc(C(C)C)nc2C)CC1. The monoisotopic (exact) mass is 347 g/mol. The van der Waals surface area contributed by atoms with Gasteiger partial charge in [-0.05, 0) is 26.7 Å². The van der Waals surface area contributed by atoms with Gasteiger partial charge < -0.3 is 9.47 Å². The molecule has 0 saturated carbocycles. The molecule has 3 rings (SSSR count). The maximum Gasteiger partial charge on any atom is 0.265 e. The molecule has 0 aromatic carbocycles. The van der Waals surface area contributed by atoms with E-state index >= 15 is 0 Å². The van der Waals surface area contributed by atoms with Crippen LogP contribution >= 0.6 is 11.3 Å². The minimum Gasteiger partial charge on any atom is -0.338 e. The predicted octanol–water partition coefficient (Wildman–Crippen LogP) is 3.21. The summed E-state index contributed by atoms with van der Waals surface area (Å²) in [5.74, 6) is 1.94. The average Bonchev–Trinajstić information content (AvgIpc) is 3.20. The first-order valence-electron chi connectivity index (χ1n) is 8.65. The van der Waals surface area contributed by atoms with E-state index in [4.69, 9.17) is 0 Å². The second kappa shape index (κ2) is 7.01. The summed E-state index contributed by atoms with van der Waals surface area (Å²) in [5, 5.41) is 9.35. The van der Waals surface area contributed by atoms with Crippen molar-refractivity contribution in [2.24, 2.45) is 0 Å². The number of aryl methyl sites for hydroxylation is 2. The smallest absolute Gasteiger partial charge is 0.265 e. The summed E-state index contributed by atoms with van der Waals surface area (Å²) in [5.41, 5.74) is 0.863. The number of nitrogens with zero attached hydrogens (tertiary/aromatic N) is 5. The molecule has 7 heteroatoms. The van der Waals surface area contributed by atoms with Gasteiger partial charge in [0.05, 0.1) is 10.7 Å². The summed E-state index contributed by atoms with van der Waals surface area (Å²) in [6.07, 6.45) is 3.68. The Balaban J connectivity index is 1.67. The molecule has 1 aliphatic rings. The molecule has 2 aromatic rings. The number of piperidine rings is 1. The molecule has 0 bridgehead atoms. The molecule has 1 fully saturated rings. The van der Waals surface area contributed by atoms with Gasteiger partial charge in [-0.1, -0.05) is 13.8 Å². The number of carbonyl (C=O) groups excluding carboxylic acids is 1. The normalized spacial score (nSPS) is 16.1. The molecular weight excluding hydrogens is 322 g/mol. The Kier molecular flexibility index (Phi) is 4.99. The Labute approximate surface area is 146 Å². The maximum atomic E-state index is 12.8. The standard InChI is InChI=1S/C17H25N5OS/c1-5-21-10-18-20-15(21)13-6-8-22(9-7-13)17(23)14-12(4)19-16(24-14)11(2)3/h10-11,13H,5-9H2,1-4H3. The molecule has 1 saturated heterocycles. The van der Waals surface area contributed by atoms with E-state index < -0.39 is 0 Å². The van der Waals surface area contributed by atoms with Crippen molar-refractivity contribution in [1.82, 2.24) is 24.6 Å². The molecular formula is C17H25N5OS. The van der Waals surface area contributed by atoms with Crippen molar-refractivity contribution >= 4 is 17.2 Å². The number of hydrogen-bond donors (Lipinski definition) is 0. The molecule has 0 radical (unpaired) electrons. The van der Waals surface area contributed by atoms with Gasteiger partial charge in [-0.2, -0.15) is 0 Å². The van der Waals surface area contributed by atoms with Gasteiger partial charge in [0.1, 0.15) is 17.0 Å². The van der Waals surface area contributed by atoms with Crippen molar-refractivity contribution in [1.29, 1.82) is 0 Å². The Bertz CT molecular complexity index is 712. The summed E-state index contributed by atoms with van der Waals surface area (Å²) in [6.45, 7) is 10.7. The zero-order valence-corrected chi connectivity index (χ0v) is 15.6. The molecule has 1 aliphatic heterocycles. The van der Waals surface area contributed by atoms with Crippen LogP contribution < -0.4 is 0 Å². The van der Waals surface area contributed by atoms with Crippen LogP contribution in [0.1, 0.15) is 71.6 Å². The van der Waals surface area contributed by atoms with E-state index in [9.17, 15) is 4.79 Å². The summed E-state index contributed by atoms with van der Waals surface area (Å²) in [6, 6.07) is 0. The van der Waals surface area contributed by atoms with Crippen LogP contribution in [0.4, 0.5) is 0 Å². The lowest BCUT2D eigenvalue weighted by Crippen LogP contribution is -2.38. The lowest BCUT2D eigenvalue weighted by atomic mass is 9.95.